The molecule has 2 aromatic carbocycles. The molecule has 13 heteroatoms. The Morgan fingerprint density at radius 3 is 2.29 bits per heavy atom. The number of Topliss-reactive ketones (excluding diaryl/α,β-unsaturated/α-hetero) is 1. The van der Waals surface area contributed by atoms with Gasteiger partial charge in [0.15, 0.2) is 5.78 Å². The van der Waals surface area contributed by atoms with E-state index in [1.165, 1.54) is 11.8 Å². The number of aromatic nitrogens is 1. The lowest BCUT2D eigenvalue weighted by molar-refractivity contribution is -0.146. The number of benzene rings is 2. The van der Waals surface area contributed by atoms with E-state index < -0.39 is 47.6 Å². The fourth-order valence-corrected chi connectivity index (χ4v) is 4.83. The van der Waals surface area contributed by atoms with Crippen molar-refractivity contribution in [3.63, 3.8) is 0 Å². The molecule has 0 radical (unpaired) electrons. The number of fused-ring (bicyclic) bond motifs is 1. The zero-order valence-electron chi connectivity index (χ0n) is 28.0. The van der Waals surface area contributed by atoms with Gasteiger partial charge in [0.05, 0.1) is 46.0 Å². The molecule has 0 bridgehead atoms. The van der Waals surface area contributed by atoms with Crippen molar-refractivity contribution < 1.29 is 33.4 Å². The summed E-state index contributed by atoms with van der Waals surface area (Å²) in [4.78, 5) is 76.1. The molecule has 0 fully saturated rings. The predicted molar refractivity (Wildman–Crippen MR) is 181 cm³/mol. The van der Waals surface area contributed by atoms with Crippen molar-refractivity contribution in [3.8, 4) is 0 Å². The van der Waals surface area contributed by atoms with Crippen LogP contribution in [0.25, 0.3) is 0 Å². The van der Waals surface area contributed by atoms with Gasteiger partial charge in [0.2, 0.25) is 6.17 Å². The minimum Gasteiger partial charge on any atom is -0.465 e. The summed E-state index contributed by atoms with van der Waals surface area (Å²) in [5.74, 6) is -2.19. The topological polar surface area (TPSA) is 168 Å². The highest BCUT2D eigenvalue weighted by molar-refractivity contribution is 6.20. The number of carbonyl (C=O) groups excluding carboxylic acids is 5. The molecule has 48 heavy (non-hydrogen) atoms. The Morgan fingerprint density at radius 2 is 1.65 bits per heavy atom. The van der Waals surface area contributed by atoms with Crippen LogP contribution in [0, 0.1) is 5.41 Å². The van der Waals surface area contributed by atoms with Crippen LogP contribution >= 0.6 is 0 Å². The number of nitrogens with one attached hydrogen (secondary N) is 3. The van der Waals surface area contributed by atoms with Gasteiger partial charge in [0.1, 0.15) is 12.2 Å². The number of ketones is 1. The maximum atomic E-state index is 14.2. The number of pyridine rings is 1. The third-order valence-corrected chi connectivity index (χ3v) is 7.26. The van der Waals surface area contributed by atoms with Crippen molar-refractivity contribution in [1.82, 2.24) is 10.3 Å². The summed E-state index contributed by atoms with van der Waals surface area (Å²) < 4.78 is 10.6. The first-order chi connectivity index (χ1) is 22.6. The molecular formula is C35H40N6O7. The van der Waals surface area contributed by atoms with E-state index in [0.29, 0.717) is 28.3 Å². The fraction of sp³-hybridized carbons (Fsp3) is 0.343. The molecule has 1 atom stereocenters. The number of anilines is 3. The lowest BCUT2D eigenvalue weighted by Crippen LogP contribution is -2.51. The maximum Gasteiger partial charge on any atom is 0.340 e. The molecule has 2 heterocycles. The molecule has 13 nitrogen and oxygen atoms in total. The Hall–Kier alpha value is -5.59. The number of hydrogen-bond acceptors (Lipinski definition) is 10. The van der Waals surface area contributed by atoms with Gasteiger partial charge in [-0.1, -0.05) is 30.3 Å². The molecule has 0 saturated heterocycles. The zero-order valence-corrected chi connectivity index (χ0v) is 28.0. The van der Waals surface area contributed by atoms with Crippen LogP contribution in [0.2, 0.25) is 0 Å². The molecule has 0 aliphatic carbocycles. The lowest BCUT2D eigenvalue weighted by Gasteiger charge is -2.29. The Balaban J connectivity index is 1.71. The summed E-state index contributed by atoms with van der Waals surface area (Å²) in [5.41, 5.74) is 0.545. The summed E-state index contributed by atoms with van der Waals surface area (Å²) in [5, 5.41) is 8.27. The van der Waals surface area contributed by atoms with Crippen LogP contribution in [0.15, 0.2) is 71.9 Å². The number of amides is 3. The second-order valence-electron chi connectivity index (χ2n) is 12.7. The van der Waals surface area contributed by atoms with Crippen LogP contribution in [0.4, 0.5) is 21.9 Å². The summed E-state index contributed by atoms with van der Waals surface area (Å²) in [6.45, 7) is 9.17. The second-order valence-corrected chi connectivity index (χ2v) is 12.7. The Bertz CT molecular complexity index is 1750. The molecule has 4 rings (SSSR count). The maximum absolute atomic E-state index is 14.2. The second kappa shape index (κ2) is 14.4. The number of urea groups is 1. The Morgan fingerprint density at radius 1 is 0.938 bits per heavy atom. The van der Waals surface area contributed by atoms with Crippen molar-refractivity contribution in [3.05, 3.63) is 83.7 Å². The van der Waals surface area contributed by atoms with Crippen LogP contribution in [0.3, 0.4) is 0 Å². The monoisotopic (exact) mass is 656 g/mol. The third kappa shape index (κ3) is 8.41. The number of rotatable bonds is 10. The van der Waals surface area contributed by atoms with E-state index in [1.807, 2.05) is 0 Å². The number of aliphatic imine (C=N–C) groups is 1. The molecular weight excluding hydrogens is 616 g/mol. The van der Waals surface area contributed by atoms with Gasteiger partial charge in [0, 0.05) is 25.7 Å². The molecule has 1 aliphatic heterocycles. The summed E-state index contributed by atoms with van der Waals surface area (Å²) in [6.07, 6.45) is 0.0869. The smallest absolute Gasteiger partial charge is 0.340 e. The third-order valence-electron chi connectivity index (χ3n) is 7.26. The van der Waals surface area contributed by atoms with Gasteiger partial charge in [0.25, 0.3) is 5.91 Å². The van der Waals surface area contributed by atoms with Crippen molar-refractivity contribution >= 4 is 52.4 Å². The number of ether oxygens (including phenoxy) is 2. The Labute approximate surface area is 279 Å². The zero-order chi connectivity index (χ0) is 35.2. The van der Waals surface area contributed by atoms with E-state index in [4.69, 9.17) is 9.47 Å². The van der Waals surface area contributed by atoms with Crippen LogP contribution in [0.1, 0.15) is 63.2 Å². The van der Waals surface area contributed by atoms with Crippen molar-refractivity contribution in [2.45, 2.75) is 53.3 Å². The van der Waals surface area contributed by atoms with Crippen molar-refractivity contribution in [2.75, 3.05) is 35.7 Å². The van der Waals surface area contributed by atoms with E-state index in [2.05, 4.69) is 25.9 Å². The van der Waals surface area contributed by atoms with Crippen molar-refractivity contribution in [1.29, 1.82) is 0 Å². The molecule has 3 N–H and O–H groups in total. The quantitative estimate of drug-likeness (QED) is 0.265. The average Bonchev–Trinajstić information content (AvgIpc) is 3.14. The van der Waals surface area contributed by atoms with Crippen molar-refractivity contribution in [2.24, 2.45) is 10.4 Å². The number of nitrogens with zero attached hydrogens (tertiary/aromatic N) is 3. The van der Waals surface area contributed by atoms with E-state index >= 15 is 0 Å². The molecule has 3 aromatic rings. The molecule has 1 aromatic heterocycles. The van der Waals surface area contributed by atoms with Crippen LogP contribution < -0.4 is 20.9 Å². The van der Waals surface area contributed by atoms with Gasteiger partial charge in [-0.15, -0.1) is 0 Å². The number of hydrogen-bond donors (Lipinski definition) is 3. The van der Waals surface area contributed by atoms with Gasteiger partial charge >= 0.3 is 18.0 Å². The highest BCUT2D eigenvalue weighted by Crippen LogP contribution is 2.31. The first kappa shape index (κ1) is 35.3. The number of benzodiazepines with no additional fused rings is 1. The minimum atomic E-state index is -1.49. The highest BCUT2D eigenvalue weighted by Gasteiger charge is 2.38. The van der Waals surface area contributed by atoms with Gasteiger partial charge in [-0.05, 0) is 65.0 Å². The van der Waals surface area contributed by atoms with Crippen LogP contribution in [0.5, 0.6) is 0 Å². The molecule has 0 unspecified atom stereocenters. The number of carbonyl (C=O) groups is 5. The Kier molecular flexibility index (Phi) is 10.6. The van der Waals surface area contributed by atoms with Gasteiger partial charge < -0.3 is 30.3 Å². The normalized spacial score (nSPS) is 14.6. The SMILES string of the molecule is CNc1c(NC(=O)N[C@@H]2N=C(c3ccccn3)c3ccccc3N(CC(=O)C(C)(C)COC(C)=O)C2=O)cccc1C(=O)OC(C)(C)C. The van der Waals surface area contributed by atoms with E-state index in [0.717, 1.165) is 0 Å². The molecule has 252 valence electrons. The molecule has 3 amide bonds. The average molecular weight is 657 g/mol. The predicted octanol–water partition coefficient (Wildman–Crippen LogP) is 4.57. The van der Waals surface area contributed by atoms with E-state index in [9.17, 15) is 24.0 Å². The lowest BCUT2D eigenvalue weighted by atomic mass is 9.88. The van der Waals surface area contributed by atoms with Crippen LogP contribution in [-0.2, 0) is 23.9 Å². The molecule has 1 aliphatic rings. The van der Waals surface area contributed by atoms with Gasteiger partial charge in [-0.3, -0.25) is 19.4 Å². The van der Waals surface area contributed by atoms with Gasteiger partial charge in [-0.25, -0.2) is 14.6 Å². The first-order valence-electron chi connectivity index (χ1n) is 15.3. The van der Waals surface area contributed by atoms with E-state index in [1.54, 1.807) is 109 Å². The summed E-state index contributed by atoms with van der Waals surface area (Å²) in [6, 6.07) is 16.1. The summed E-state index contributed by atoms with van der Waals surface area (Å²) >= 11 is 0. The first-order valence-corrected chi connectivity index (χ1v) is 15.3. The number of esters is 2. The highest BCUT2D eigenvalue weighted by atomic mass is 16.6. The van der Waals surface area contributed by atoms with Gasteiger partial charge in [-0.2, -0.15) is 0 Å². The fourth-order valence-electron chi connectivity index (χ4n) is 4.83. The number of para-hydroxylation sites is 2. The van der Waals surface area contributed by atoms with Crippen LogP contribution in [-0.4, -0.2) is 72.3 Å². The standard InChI is InChI=1S/C35H40N6O7/c1-21(42)47-20-35(5,6)27(43)19-41-26-17-9-8-13-22(26)29(24-15-10-11-18-37-24)39-30(31(41)44)40-33(46)38-25-16-12-14-23(28(25)36-7)32(45)48-34(2,3)4/h8-18,30,36H,19-20H2,1-7H3,(H2,38,40,46)/t30-/m0/s1. The minimum absolute atomic E-state index is 0.180. The molecule has 0 spiro atoms. The summed E-state index contributed by atoms with van der Waals surface area (Å²) in [7, 11) is 1.60. The van der Waals surface area contributed by atoms with E-state index in [-0.39, 0.29) is 23.6 Å². The molecule has 0 saturated carbocycles. The largest absolute Gasteiger partial charge is 0.465 e.